The van der Waals surface area contributed by atoms with Crippen LogP contribution in [0.15, 0.2) is 179 Å². The molecule has 6 heteroatoms. The van der Waals surface area contributed by atoms with Crippen LogP contribution in [0.1, 0.15) is 22.3 Å². The predicted octanol–water partition coefficient (Wildman–Crippen LogP) is 11.8. The highest BCUT2D eigenvalue weighted by atomic mass is 16.4. The molecule has 0 bridgehead atoms. The van der Waals surface area contributed by atoms with Crippen molar-refractivity contribution in [1.82, 2.24) is 19.9 Å². The lowest BCUT2D eigenvalue weighted by atomic mass is 9.70. The van der Waals surface area contributed by atoms with Gasteiger partial charge in [0.2, 0.25) is 11.8 Å². The summed E-state index contributed by atoms with van der Waals surface area (Å²) in [5.41, 5.74) is 17.2. The quantitative estimate of drug-likeness (QED) is 0.181. The summed E-state index contributed by atoms with van der Waals surface area (Å²) in [4.78, 5) is 19.6. The van der Waals surface area contributed by atoms with Crippen molar-refractivity contribution >= 4 is 22.2 Å². The van der Waals surface area contributed by atoms with Crippen LogP contribution in [0.2, 0.25) is 0 Å². The van der Waals surface area contributed by atoms with E-state index in [0.29, 0.717) is 17.6 Å². The topological polar surface area (TPSA) is 77.8 Å². The Bertz CT molecular complexity index is 2950. The van der Waals surface area contributed by atoms with Gasteiger partial charge < -0.3 is 8.83 Å². The molecule has 0 aliphatic heterocycles. The first-order chi connectivity index (χ1) is 27.2. The highest BCUT2D eigenvalue weighted by Gasteiger charge is 2.51. The average molecular weight is 705 g/mol. The summed E-state index contributed by atoms with van der Waals surface area (Å²) in [5, 5.41) is 0. The molecule has 2 aliphatic rings. The van der Waals surface area contributed by atoms with E-state index in [1.165, 1.54) is 44.5 Å². The van der Waals surface area contributed by atoms with E-state index in [1.54, 1.807) is 0 Å². The normalized spacial score (nSPS) is 13.2. The monoisotopic (exact) mass is 704 g/mol. The zero-order chi connectivity index (χ0) is 36.1. The van der Waals surface area contributed by atoms with Gasteiger partial charge in [-0.05, 0) is 98.6 Å². The second kappa shape index (κ2) is 11.3. The number of para-hydroxylation sites is 4. The summed E-state index contributed by atoms with van der Waals surface area (Å²) in [5.74, 6) is 1.69. The van der Waals surface area contributed by atoms with E-state index in [-0.39, 0.29) is 0 Å². The SMILES string of the molecule is c1ccc2c(c1)-c1ccccc1C21c2ccccc2-c2ccc(-c3ncc(-c4cc(-c5nc6ccccc6o5)cc(-c5nc6ccccc6o5)c4)cn3)cc21. The van der Waals surface area contributed by atoms with E-state index >= 15 is 0 Å². The lowest BCUT2D eigenvalue weighted by Gasteiger charge is -2.30. The van der Waals surface area contributed by atoms with Gasteiger partial charge in [-0.15, -0.1) is 0 Å². The fourth-order valence-electron chi connectivity index (χ4n) is 8.89. The molecule has 256 valence electrons. The van der Waals surface area contributed by atoms with Crippen LogP contribution < -0.4 is 0 Å². The molecular weight excluding hydrogens is 677 g/mol. The van der Waals surface area contributed by atoms with Crippen molar-refractivity contribution in [3.05, 3.63) is 192 Å². The summed E-state index contributed by atoms with van der Waals surface area (Å²) >= 11 is 0. The van der Waals surface area contributed by atoms with E-state index in [2.05, 4.69) is 103 Å². The highest BCUT2D eigenvalue weighted by molar-refractivity contribution is 5.95. The maximum atomic E-state index is 6.22. The third kappa shape index (κ3) is 4.30. The maximum Gasteiger partial charge on any atom is 0.227 e. The van der Waals surface area contributed by atoms with Gasteiger partial charge in [0, 0.05) is 34.6 Å². The molecule has 10 aromatic rings. The molecule has 55 heavy (non-hydrogen) atoms. The lowest BCUT2D eigenvalue weighted by molar-refractivity contribution is 0.617. The van der Waals surface area contributed by atoms with Crippen LogP contribution in [0, 0.1) is 0 Å². The highest BCUT2D eigenvalue weighted by Crippen LogP contribution is 2.63. The number of rotatable bonds is 4. The van der Waals surface area contributed by atoms with Gasteiger partial charge in [-0.25, -0.2) is 19.9 Å². The van der Waals surface area contributed by atoms with E-state index < -0.39 is 5.41 Å². The van der Waals surface area contributed by atoms with Gasteiger partial charge in [0.25, 0.3) is 0 Å². The third-order valence-corrected chi connectivity index (χ3v) is 11.3. The van der Waals surface area contributed by atoms with Crippen molar-refractivity contribution in [2.75, 3.05) is 0 Å². The van der Waals surface area contributed by atoms with E-state index in [9.17, 15) is 0 Å². The molecule has 1 spiro atoms. The van der Waals surface area contributed by atoms with Gasteiger partial charge in [0.15, 0.2) is 17.0 Å². The molecule has 3 heterocycles. The molecule has 7 aromatic carbocycles. The molecule has 6 nitrogen and oxygen atoms in total. The van der Waals surface area contributed by atoms with E-state index in [0.717, 1.165) is 50.0 Å². The van der Waals surface area contributed by atoms with Crippen LogP contribution in [0.5, 0.6) is 0 Å². The van der Waals surface area contributed by atoms with Gasteiger partial charge in [-0.1, -0.05) is 109 Å². The molecule has 2 aliphatic carbocycles. The first-order valence-corrected chi connectivity index (χ1v) is 18.4. The van der Waals surface area contributed by atoms with Gasteiger partial charge in [0.05, 0.1) is 5.41 Å². The summed E-state index contributed by atoms with van der Waals surface area (Å²) in [6.45, 7) is 0. The Kier molecular flexibility index (Phi) is 6.17. The smallest absolute Gasteiger partial charge is 0.227 e. The lowest BCUT2D eigenvalue weighted by Crippen LogP contribution is -2.25. The first kappa shape index (κ1) is 30.1. The molecule has 0 fully saturated rings. The van der Waals surface area contributed by atoms with Crippen molar-refractivity contribution in [3.63, 3.8) is 0 Å². The molecular formula is C49H28N4O2. The van der Waals surface area contributed by atoms with Gasteiger partial charge in [-0.3, -0.25) is 0 Å². The predicted molar refractivity (Wildman–Crippen MR) is 215 cm³/mol. The van der Waals surface area contributed by atoms with E-state index in [1.807, 2.05) is 67.0 Å². The molecule has 0 atom stereocenters. The second-order valence-corrected chi connectivity index (χ2v) is 14.2. The zero-order valence-corrected chi connectivity index (χ0v) is 29.3. The Morgan fingerprint density at radius 1 is 0.364 bits per heavy atom. The standard InChI is InChI=1S/C49H28N4O2/c1-4-14-38-34(11-1)35-12-2-5-15-39(35)49(38)40-16-6-3-13-36(40)37-22-21-29(26-41(37)49)46-50-27-33(28-51-46)30-23-31(47-52-42-17-7-9-19-44(42)54-47)25-32(24-30)48-53-43-18-8-10-20-45(43)55-48/h1-28H. The molecule has 0 radical (unpaired) electrons. The summed E-state index contributed by atoms with van der Waals surface area (Å²) < 4.78 is 12.4. The Balaban J connectivity index is 0.987. The number of nitrogens with zero attached hydrogens (tertiary/aromatic N) is 4. The molecule has 0 saturated heterocycles. The minimum atomic E-state index is -0.429. The Morgan fingerprint density at radius 3 is 1.35 bits per heavy atom. The largest absolute Gasteiger partial charge is 0.436 e. The number of aromatic nitrogens is 4. The second-order valence-electron chi connectivity index (χ2n) is 14.2. The van der Waals surface area contributed by atoms with Crippen molar-refractivity contribution in [2.45, 2.75) is 5.41 Å². The molecule has 0 N–H and O–H groups in total. The molecule has 0 unspecified atom stereocenters. The van der Waals surface area contributed by atoms with Crippen LogP contribution in [-0.4, -0.2) is 19.9 Å². The van der Waals surface area contributed by atoms with Crippen LogP contribution in [0.3, 0.4) is 0 Å². The summed E-state index contributed by atoms with van der Waals surface area (Å²) in [6, 6.07) is 54.9. The number of benzene rings is 7. The van der Waals surface area contributed by atoms with Crippen LogP contribution in [-0.2, 0) is 5.41 Å². The van der Waals surface area contributed by atoms with Crippen molar-refractivity contribution in [1.29, 1.82) is 0 Å². The Labute approximate surface area is 315 Å². The van der Waals surface area contributed by atoms with Crippen molar-refractivity contribution in [2.24, 2.45) is 0 Å². The molecule has 0 amide bonds. The summed E-state index contributed by atoms with van der Waals surface area (Å²) in [7, 11) is 0. The van der Waals surface area contributed by atoms with E-state index in [4.69, 9.17) is 28.8 Å². The van der Waals surface area contributed by atoms with Gasteiger partial charge in [-0.2, -0.15) is 0 Å². The number of hydrogen-bond acceptors (Lipinski definition) is 6. The number of fused-ring (bicyclic) bond motifs is 12. The van der Waals surface area contributed by atoms with Crippen LogP contribution >= 0.6 is 0 Å². The average Bonchev–Trinajstić information content (AvgIpc) is 4.02. The Morgan fingerprint density at radius 2 is 0.818 bits per heavy atom. The first-order valence-electron chi connectivity index (χ1n) is 18.4. The minimum absolute atomic E-state index is 0.429. The molecule has 12 rings (SSSR count). The number of hydrogen-bond donors (Lipinski definition) is 0. The van der Waals surface area contributed by atoms with Gasteiger partial charge in [0.1, 0.15) is 11.0 Å². The third-order valence-electron chi connectivity index (χ3n) is 11.3. The maximum absolute atomic E-state index is 6.22. The molecule has 3 aromatic heterocycles. The van der Waals surface area contributed by atoms with Crippen LogP contribution in [0.25, 0.3) is 89.9 Å². The van der Waals surface area contributed by atoms with Gasteiger partial charge >= 0.3 is 0 Å². The number of oxazole rings is 2. The minimum Gasteiger partial charge on any atom is -0.436 e. The summed E-state index contributed by atoms with van der Waals surface area (Å²) in [6.07, 6.45) is 3.78. The molecule has 0 saturated carbocycles. The van der Waals surface area contributed by atoms with Crippen molar-refractivity contribution in [3.8, 4) is 67.7 Å². The fraction of sp³-hybridized carbons (Fsp3) is 0.0204. The van der Waals surface area contributed by atoms with Crippen LogP contribution in [0.4, 0.5) is 0 Å². The Hall–Kier alpha value is -7.44. The van der Waals surface area contributed by atoms with Crippen molar-refractivity contribution < 1.29 is 8.83 Å². The fourth-order valence-corrected chi connectivity index (χ4v) is 8.89. The zero-order valence-electron chi connectivity index (χ0n) is 29.3.